The van der Waals surface area contributed by atoms with Crippen LogP contribution in [0.4, 0.5) is 9.57 Å². The molecule has 0 saturated heterocycles. The third-order valence-corrected chi connectivity index (χ3v) is 1.98. The Kier molecular flexibility index (Phi) is 3.33. The van der Waals surface area contributed by atoms with E-state index in [2.05, 4.69) is 8.92 Å². The first-order valence-electron chi connectivity index (χ1n) is 3.95. The summed E-state index contributed by atoms with van der Waals surface area (Å²) < 4.78 is 41.2. The third kappa shape index (κ3) is 3.09. The topological polar surface area (TPSA) is 95.7 Å². The predicted molar refractivity (Wildman–Crippen MR) is 52.8 cm³/mol. The van der Waals surface area contributed by atoms with Gasteiger partial charge in [0.2, 0.25) is 0 Å². The van der Waals surface area contributed by atoms with E-state index < -0.39 is 22.2 Å². The number of rotatable bonds is 3. The van der Waals surface area contributed by atoms with Gasteiger partial charge in [0, 0.05) is 5.69 Å². The molecule has 0 heterocycles. The fourth-order valence-corrected chi connectivity index (χ4v) is 1.36. The van der Waals surface area contributed by atoms with Crippen LogP contribution in [0.2, 0.25) is 0 Å². The predicted octanol–water partition coefficient (Wildman–Crippen LogP) is 0.649. The smallest absolute Gasteiger partial charge is 0.465 e. The van der Waals surface area contributed by atoms with E-state index in [-0.39, 0.29) is 11.3 Å². The number of ether oxygens (including phenoxy) is 1. The normalized spacial score (nSPS) is 10.9. The van der Waals surface area contributed by atoms with Crippen LogP contribution in [0.3, 0.4) is 0 Å². The molecule has 88 valence electrons. The van der Waals surface area contributed by atoms with Crippen LogP contribution < -0.4 is 9.92 Å². The standard InChI is InChI=1S/C8H8FNO5S/c1-14-8(11)6-4-5(10)2-3-7(6)15-16(9,12)13/h2-4H,10H2,1H3. The lowest BCUT2D eigenvalue weighted by Gasteiger charge is -2.06. The zero-order valence-electron chi connectivity index (χ0n) is 8.14. The largest absolute Gasteiger partial charge is 0.488 e. The third-order valence-electron chi connectivity index (χ3n) is 1.60. The maximum absolute atomic E-state index is 12.3. The molecule has 16 heavy (non-hydrogen) atoms. The molecule has 0 aliphatic rings. The summed E-state index contributed by atoms with van der Waals surface area (Å²) in [5.74, 6) is -1.37. The van der Waals surface area contributed by atoms with Crippen LogP contribution in [-0.4, -0.2) is 21.5 Å². The molecule has 0 spiro atoms. The SMILES string of the molecule is COC(=O)c1cc(N)ccc1OS(=O)(=O)F. The molecule has 6 nitrogen and oxygen atoms in total. The Balaban J connectivity index is 3.23. The highest BCUT2D eigenvalue weighted by molar-refractivity contribution is 7.81. The number of nitrogen functional groups attached to an aromatic ring is 1. The molecule has 0 fully saturated rings. The van der Waals surface area contributed by atoms with E-state index in [1.54, 1.807) is 0 Å². The van der Waals surface area contributed by atoms with E-state index in [1.807, 2.05) is 0 Å². The Morgan fingerprint density at radius 1 is 1.44 bits per heavy atom. The van der Waals surface area contributed by atoms with Crippen molar-refractivity contribution >= 4 is 22.2 Å². The number of benzene rings is 1. The van der Waals surface area contributed by atoms with E-state index in [4.69, 9.17) is 5.73 Å². The number of esters is 1. The number of carbonyl (C=O) groups is 1. The number of halogens is 1. The summed E-state index contributed by atoms with van der Waals surface area (Å²) in [5, 5.41) is 0. The lowest BCUT2D eigenvalue weighted by molar-refractivity contribution is 0.0599. The first-order chi connectivity index (χ1) is 7.33. The quantitative estimate of drug-likeness (QED) is 0.480. The van der Waals surface area contributed by atoms with E-state index >= 15 is 0 Å². The van der Waals surface area contributed by atoms with Crippen molar-refractivity contribution in [1.82, 2.24) is 0 Å². The van der Waals surface area contributed by atoms with Gasteiger partial charge in [-0.3, -0.25) is 0 Å². The Hall–Kier alpha value is -1.83. The van der Waals surface area contributed by atoms with Crippen molar-refractivity contribution in [3.8, 4) is 5.75 Å². The highest BCUT2D eigenvalue weighted by Gasteiger charge is 2.18. The lowest BCUT2D eigenvalue weighted by Crippen LogP contribution is -2.09. The molecule has 0 radical (unpaired) electrons. The van der Waals surface area contributed by atoms with Crippen LogP contribution in [0.15, 0.2) is 18.2 Å². The van der Waals surface area contributed by atoms with Gasteiger partial charge in [0.05, 0.1) is 7.11 Å². The maximum atomic E-state index is 12.3. The molecule has 1 rings (SSSR count). The Bertz CT molecular complexity index is 513. The summed E-state index contributed by atoms with van der Waals surface area (Å²) in [6.45, 7) is 0. The molecule has 0 saturated carbocycles. The van der Waals surface area contributed by atoms with E-state index in [0.717, 1.165) is 19.2 Å². The molecule has 2 N–H and O–H groups in total. The van der Waals surface area contributed by atoms with Gasteiger partial charge in [-0.15, -0.1) is 0 Å². The number of carbonyl (C=O) groups excluding carboxylic acids is 1. The lowest BCUT2D eigenvalue weighted by atomic mass is 10.2. The van der Waals surface area contributed by atoms with Crippen LogP contribution in [0.25, 0.3) is 0 Å². The second-order valence-corrected chi connectivity index (χ2v) is 3.68. The fraction of sp³-hybridized carbons (Fsp3) is 0.125. The fourth-order valence-electron chi connectivity index (χ4n) is 0.997. The zero-order chi connectivity index (χ0) is 12.3. The van der Waals surface area contributed by atoms with Gasteiger partial charge in [-0.25, -0.2) is 4.79 Å². The average molecular weight is 249 g/mol. The Morgan fingerprint density at radius 2 is 2.06 bits per heavy atom. The van der Waals surface area contributed by atoms with Crippen molar-refractivity contribution < 1.29 is 26.0 Å². The minimum atomic E-state index is -5.20. The monoisotopic (exact) mass is 249 g/mol. The number of nitrogens with two attached hydrogens (primary N) is 1. The summed E-state index contributed by atoms with van der Waals surface area (Å²) in [6, 6.07) is 3.43. The number of hydrogen-bond donors (Lipinski definition) is 1. The van der Waals surface area contributed by atoms with Gasteiger partial charge in [0.25, 0.3) is 0 Å². The molecular weight excluding hydrogens is 241 g/mol. The molecule has 0 amide bonds. The van der Waals surface area contributed by atoms with Crippen molar-refractivity contribution in [2.24, 2.45) is 0 Å². The summed E-state index contributed by atoms with van der Waals surface area (Å²) in [4.78, 5) is 11.2. The van der Waals surface area contributed by atoms with Crippen molar-refractivity contribution in [2.75, 3.05) is 12.8 Å². The van der Waals surface area contributed by atoms with Crippen LogP contribution in [-0.2, 0) is 15.2 Å². The number of hydrogen-bond acceptors (Lipinski definition) is 6. The summed E-state index contributed by atoms with van der Waals surface area (Å²) in [6.07, 6.45) is 0. The van der Waals surface area contributed by atoms with Crippen molar-refractivity contribution in [1.29, 1.82) is 0 Å². The van der Waals surface area contributed by atoms with Gasteiger partial charge in [-0.1, -0.05) is 3.89 Å². The molecule has 0 atom stereocenters. The van der Waals surface area contributed by atoms with Crippen molar-refractivity contribution in [2.45, 2.75) is 0 Å². The molecule has 1 aromatic rings. The van der Waals surface area contributed by atoms with Crippen LogP contribution in [0.1, 0.15) is 10.4 Å². The number of anilines is 1. The first-order valence-corrected chi connectivity index (χ1v) is 5.26. The second-order valence-electron chi connectivity index (χ2n) is 2.72. The number of methoxy groups -OCH3 is 1. The molecule has 0 aromatic heterocycles. The van der Waals surface area contributed by atoms with Crippen LogP contribution in [0, 0.1) is 0 Å². The maximum Gasteiger partial charge on any atom is 0.488 e. The summed E-state index contributed by atoms with van der Waals surface area (Å²) in [5.41, 5.74) is 5.29. The highest BCUT2D eigenvalue weighted by atomic mass is 32.3. The Morgan fingerprint density at radius 3 is 2.56 bits per heavy atom. The van der Waals surface area contributed by atoms with E-state index in [1.165, 1.54) is 6.07 Å². The van der Waals surface area contributed by atoms with Gasteiger partial charge in [-0.05, 0) is 18.2 Å². The second kappa shape index (κ2) is 4.35. The zero-order valence-corrected chi connectivity index (χ0v) is 8.95. The van der Waals surface area contributed by atoms with Gasteiger partial charge in [0.15, 0.2) is 5.75 Å². The van der Waals surface area contributed by atoms with Crippen LogP contribution in [0.5, 0.6) is 5.75 Å². The molecule has 0 bridgehead atoms. The first kappa shape index (κ1) is 12.2. The minimum Gasteiger partial charge on any atom is -0.465 e. The van der Waals surface area contributed by atoms with E-state index in [9.17, 15) is 17.1 Å². The van der Waals surface area contributed by atoms with Gasteiger partial charge in [-0.2, -0.15) is 8.42 Å². The average Bonchev–Trinajstić information content (AvgIpc) is 2.17. The van der Waals surface area contributed by atoms with E-state index in [0.29, 0.717) is 0 Å². The molecule has 0 unspecified atom stereocenters. The van der Waals surface area contributed by atoms with Gasteiger partial charge < -0.3 is 14.7 Å². The van der Waals surface area contributed by atoms with Gasteiger partial charge in [0.1, 0.15) is 5.56 Å². The molecule has 8 heteroatoms. The molecule has 1 aromatic carbocycles. The molecular formula is C8H8FNO5S. The summed E-state index contributed by atoms with van der Waals surface area (Å²) >= 11 is 0. The minimum absolute atomic E-state index is 0.184. The van der Waals surface area contributed by atoms with Gasteiger partial charge >= 0.3 is 16.5 Å². The molecule has 0 aliphatic heterocycles. The molecule has 0 aliphatic carbocycles. The van der Waals surface area contributed by atoms with Crippen molar-refractivity contribution in [3.63, 3.8) is 0 Å². The van der Waals surface area contributed by atoms with Crippen LogP contribution >= 0.6 is 0 Å². The summed E-state index contributed by atoms with van der Waals surface area (Å²) in [7, 11) is -4.12. The highest BCUT2D eigenvalue weighted by Crippen LogP contribution is 2.23. The van der Waals surface area contributed by atoms with Crippen molar-refractivity contribution in [3.05, 3.63) is 23.8 Å². The Labute approximate surface area is 91.2 Å².